The van der Waals surface area contributed by atoms with Crippen LogP contribution >= 0.6 is 11.3 Å². The Labute approximate surface area is 145 Å². The molecule has 0 atom stereocenters. The van der Waals surface area contributed by atoms with E-state index in [2.05, 4.69) is 16.9 Å². The maximum Gasteiger partial charge on any atom is 0.265 e. The van der Waals surface area contributed by atoms with Gasteiger partial charge in [0.05, 0.1) is 10.7 Å². The second kappa shape index (κ2) is 7.40. The van der Waals surface area contributed by atoms with Crippen molar-refractivity contribution >= 4 is 17.2 Å². The molecule has 0 radical (unpaired) electrons. The summed E-state index contributed by atoms with van der Waals surface area (Å²) in [6.07, 6.45) is 1.63. The van der Waals surface area contributed by atoms with Crippen molar-refractivity contribution in [1.82, 2.24) is 14.8 Å². The van der Waals surface area contributed by atoms with E-state index in [1.807, 2.05) is 11.8 Å². The lowest BCUT2D eigenvalue weighted by Gasteiger charge is -2.19. The Balaban J connectivity index is 1.73. The number of carbonyl (C=O) groups is 1. The molecule has 1 aliphatic rings. The number of benzene rings is 1. The van der Waals surface area contributed by atoms with Crippen LogP contribution in [0.5, 0.6) is 0 Å². The molecule has 1 aliphatic heterocycles. The van der Waals surface area contributed by atoms with Crippen LogP contribution in [0.15, 0.2) is 24.3 Å². The van der Waals surface area contributed by atoms with Gasteiger partial charge in [-0.15, -0.1) is 11.3 Å². The molecule has 128 valence electrons. The zero-order valence-corrected chi connectivity index (χ0v) is 14.9. The topological polar surface area (TPSA) is 36.4 Å². The minimum atomic E-state index is -0.240. The minimum Gasteiger partial charge on any atom is -0.337 e. The average molecular weight is 347 g/mol. The number of thiazole rings is 1. The van der Waals surface area contributed by atoms with E-state index < -0.39 is 0 Å². The lowest BCUT2D eigenvalue weighted by molar-refractivity contribution is 0.0766. The van der Waals surface area contributed by atoms with Crippen LogP contribution in [0.25, 0.3) is 0 Å². The number of carbonyl (C=O) groups excluding carboxylic acids is 1. The third-order valence-corrected chi connectivity index (χ3v) is 5.46. The van der Waals surface area contributed by atoms with Crippen molar-refractivity contribution in [1.29, 1.82) is 0 Å². The van der Waals surface area contributed by atoms with E-state index in [4.69, 9.17) is 0 Å². The SMILES string of the molecule is Cc1nc(Cc2ccc(F)cc2)sc1C(=O)N1CCCN(C)CC1. The normalized spacial score (nSPS) is 16.2. The van der Waals surface area contributed by atoms with Crippen LogP contribution in [-0.2, 0) is 6.42 Å². The van der Waals surface area contributed by atoms with Gasteiger partial charge in [0.2, 0.25) is 0 Å². The first-order valence-corrected chi connectivity index (χ1v) is 9.03. The summed E-state index contributed by atoms with van der Waals surface area (Å²) in [7, 11) is 2.09. The van der Waals surface area contributed by atoms with E-state index in [1.54, 1.807) is 12.1 Å². The Morgan fingerprint density at radius 1 is 1.21 bits per heavy atom. The van der Waals surface area contributed by atoms with E-state index in [0.717, 1.165) is 53.7 Å². The van der Waals surface area contributed by atoms with Crippen LogP contribution < -0.4 is 0 Å². The molecule has 0 aliphatic carbocycles. The molecule has 0 N–H and O–H groups in total. The quantitative estimate of drug-likeness (QED) is 0.856. The molecule has 1 aromatic heterocycles. The first kappa shape index (κ1) is 17.0. The monoisotopic (exact) mass is 347 g/mol. The van der Waals surface area contributed by atoms with Gasteiger partial charge in [0.1, 0.15) is 10.7 Å². The maximum absolute atomic E-state index is 13.0. The van der Waals surface area contributed by atoms with Gasteiger partial charge in [0, 0.05) is 26.1 Å². The number of likely N-dealkylation sites (N-methyl/N-ethyl adjacent to an activating group) is 1. The predicted molar refractivity (Wildman–Crippen MR) is 94.1 cm³/mol. The Kier molecular flexibility index (Phi) is 5.26. The van der Waals surface area contributed by atoms with Crippen LogP contribution in [0.2, 0.25) is 0 Å². The highest BCUT2D eigenvalue weighted by molar-refractivity contribution is 7.13. The van der Waals surface area contributed by atoms with Gasteiger partial charge in [-0.05, 0) is 44.6 Å². The van der Waals surface area contributed by atoms with E-state index >= 15 is 0 Å². The molecule has 2 heterocycles. The highest BCUT2D eigenvalue weighted by atomic mass is 32.1. The largest absolute Gasteiger partial charge is 0.337 e. The molecule has 0 bridgehead atoms. The molecule has 24 heavy (non-hydrogen) atoms. The average Bonchev–Trinajstić information content (AvgIpc) is 2.77. The van der Waals surface area contributed by atoms with Gasteiger partial charge in [-0.1, -0.05) is 12.1 Å². The molecule has 0 spiro atoms. The highest BCUT2D eigenvalue weighted by Gasteiger charge is 2.23. The van der Waals surface area contributed by atoms with Crippen molar-refractivity contribution in [2.45, 2.75) is 19.8 Å². The standard InChI is InChI=1S/C18H22FN3OS/c1-13-17(18(23)22-9-3-8-21(2)10-11-22)24-16(20-13)12-14-4-6-15(19)7-5-14/h4-7H,3,8-12H2,1-2H3. The van der Waals surface area contributed by atoms with Crippen molar-refractivity contribution in [3.05, 3.63) is 51.2 Å². The number of halogens is 1. The Hall–Kier alpha value is -1.79. The Morgan fingerprint density at radius 3 is 2.71 bits per heavy atom. The molecule has 1 amide bonds. The summed E-state index contributed by atoms with van der Waals surface area (Å²) >= 11 is 1.46. The first-order chi connectivity index (χ1) is 11.5. The first-order valence-electron chi connectivity index (χ1n) is 8.21. The molecule has 1 saturated heterocycles. The molecule has 3 rings (SSSR count). The summed E-state index contributed by atoms with van der Waals surface area (Å²) in [5.74, 6) is -0.151. The van der Waals surface area contributed by atoms with Crippen LogP contribution in [0.1, 0.15) is 32.4 Å². The lowest BCUT2D eigenvalue weighted by atomic mass is 10.1. The number of amides is 1. The third kappa shape index (κ3) is 3.99. The van der Waals surface area contributed by atoms with Crippen LogP contribution in [0.3, 0.4) is 0 Å². The number of hydrogen-bond acceptors (Lipinski definition) is 4. The van der Waals surface area contributed by atoms with Crippen LogP contribution in [-0.4, -0.2) is 53.9 Å². The molecular formula is C18H22FN3OS. The number of hydrogen-bond donors (Lipinski definition) is 0. The second-order valence-corrected chi connectivity index (χ2v) is 7.36. The summed E-state index contributed by atoms with van der Waals surface area (Å²) < 4.78 is 13.0. The van der Waals surface area contributed by atoms with Gasteiger partial charge in [0.15, 0.2) is 0 Å². The van der Waals surface area contributed by atoms with Crippen molar-refractivity contribution < 1.29 is 9.18 Å². The zero-order chi connectivity index (χ0) is 17.1. The molecule has 2 aromatic rings. The van der Waals surface area contributed by atoms with Crippen molar-refractivity contribution in [2.75, 3.05) is 33.2 Å². The van der Waals surface area contributed by atoms with E-state index in [0.29, 0.717) is 6.42 Å². The summed E-state index contributed by atoms with van der Waals surface area (Å²) in [6, 6.07) is 6.43. The van der Waals surface area contributed by atoms with Gasteiger partial charge in [-0.3, -0.25) is 4.79 Å². The van der Waals surface area contributed by atoms with E-state index in [1.165, 1.54) is 23.5 Å². The Morgan fingerprint density at radius 2 is 1.96 bits per heavy atom. The fourth-order valence-electron chi connectivity index (χ4n) is 2.90. The summed E-state index contributed by atoms with van der Waals surface area (Å²) in [6.45, 7) is 5.39. The van der Waals surface area contributed by atoms with E-state index in [-0.39, 0.29) is 11.7 Å². The summed E-state index contributed by atoms with van der Waals surface area (Å²) in [4.78, 5) is 22.3. The number of nitrogens with zero attached hydrogens (tertiary/aromatic N) is 3. The van der Waals surface area contributed by atoms with Crippen molar-refractivity contribution in [3.8, 4) is 0 Å². The van der Waals surface area contributed by atoms with Gasteiger partial charge in [-0.2, -0.15) is 0 Å². The van der Waals surface area contributed by atoms with Gasteiger partial charge >= 0.3 is 0 Å². The van der Waals surface area contributed by atoms with Crippen LogP contribution in [0.4, 0.5) is 4.39 Å². The number of aromatic nitrogens is 1. The number of aryl methyl sites for hydroxylation is 1. The smallest absolute Gasteiger partial charge is 0.265 e. The van der Waals surface area contributed by atoms with Crippen molar-refractivity contribution in [2.24, 2.45) is 0 Å². The fourth-order valence-corrected chi connectivity index (χ4v) is 3.96. The predicted octanol–water partition coefficient (Wildman–Crippen LogP) is 2.96. The van der Waals surface area contributed by atoms with Gasteiger partial charge in [0.25, 0.3) is 5.91 Å². The van der Waals surface area contributed by atoms with E-state index in [9.17, 15) is 9.18 Å². The van der Waals surface area contributed by atoms with Gasteiger partial charge < -0.3 is 9.80 Å². The number of rotatable bonds is 3. The highest BCUT2D eigenvalue weighted by Crippen LogP contribution is 2.23. The van der Waals surface area contributed by atoms with Crippen molar-refractivity contribution in [3.63, 3.8) is 0 Å². The minimum absolute atomic E-state index is 0.0886. The molecule has 1 aromatic carbocycles. The summed E-state index contributed by atoms with van der Waals surface area (Å²) in [5.41, 5.74) is 1.79. The molecular weight excluding hydrogens is 325 g/mol. The van der Waals surface area contributed by atoms with Gasteiger partial charge in [-0.25, -0.2) is 9.37 Å². The maximum atomic E-state index is 13.0. The molecule has 1 fully saturated rings. The summed E-state index contributed by atoms with van der Waals surface area (Å²) in [5, 5.41) is 0.898. The lowest BCUT2D eigenvalue weighted by Crippen LogP contribution is -2.34. The van der Waals surface area contributed by atoms with Crippen LogP contribution in [0, 0.1) is 12.7 Å². The molecule has 4 nitrogen and oxygen atoms in total. The zero-order valence-electron chi connectivity index (χ0n) is 14.1. The third-order valence-electron chi connectivity index (χ3n) is 4.31. The molecule has 0 saturated carbocycles. The molecule has 0 unspecified atom stereocenters. The Bertz CT molecular complexity index is 714. The molecule has 6 heteroatoms. The second-order valence-electron chi connectivity index (χ2n) is 6.27. The fraction of sp³-hybridized carbons (Fsp3) is 0.444.